The van der Waals surface area contributed by atoms with Crippen molar-refractivity contribution in [2.24, 2.45) is 17.8 Å². The topological polar surface area (TPSA) is 99.1 Å². The second-order valence-corrected chi connectivity index (χ2v) is 10.4. The number of hydrogen-bond donors (Lipinski definition) is 1. The molecule has 7 heteroatoms. The zero-order chi connectivity index (χ0) is 26.7. The van der Waals surface area contributed by atoms with E-state index in [1.54, 1.807) is 0 Å². The van der Waals surface area contributed by atoms with Crippen LogP contribution in [-0.4, -0.2) is 48.4 Å². The number of hydrogen-bond acceptors (Lipinski definition) is 7. The lowest BCUT2D eigenvalue weighted by atomic mass is 9.95. The highest BCUT2D eigenvalue weighted by Crippen LogP contribution is 2.22. The number of esters is 3. The van der Waals surface area contributed by atoms with Crippen molar-refractivity contribution >= 4 is 17.9 Å². The second kappa shape index (κ2) is 19.5. The standard InChI is InChI=1S/C28H52O7/c1-7-10-13-16-24(6)21-35-27(31)28(32,17-25(29)33-19-22(4)14-11-8-2)18-26(30)34-20-23(5)15-12-9-3/h22-24,32H,7-21H2,1-6H3. The Balaban J connectivity index is 5.05. The van der Waals surface area contributed by atoms with Crippen molar-refractivity contribution in [2.75, 3.05) is 19.8 Å². The number of rotatable bonds is 21. The minimum atomic E-state index is -2.31. The summed E-state index contributed by atoms with van der Waals surface area (Å²) < 4.78 is 16.0. The van der Waals surface area contributed by atoms with Gasteiger partial charge in [0.05, 0.1) is 32.7 Å². The molecule has 0 aliphatic heterocycles. The maximum Gasteiger partial charge on any atom is 0.339 e. The Hall–Kier alpha value is -1.63. The molecule has 0 radical (unpaired) electrons. The molecule has 0 aromatic heterocycles. The van der Waals surface area contributed by atoms with Crippen LogP contribution in [0.15, 0.2) is 0 Å². The molecule has 0 aliphatic carbocycles. The summed E-state index contributed by atoms with van der Waals surface area (Å²) in [6.45, 7) is 12.8. The number of unbranched alkanes of at least 4 members (excludes halogenated alkanes) is 4. The summed E-state index contributed by atoms with van der Waals surface area (Å²) in [5.41, 5.74) is -2.31. The normalized spacial score (nSPS) is 15.5. The van der Waals surface area contributed by atoms with Gasteiger partial charge in [-0.25, -0.2) is 4.79 Å². The maximum atomic E-state index is 12.8. The highest BCUT2D eigenvalue weighted by molar-refractivity contribution is 5.90. The van der Waals surface area contributed by atoms with E-state index in [1.807, 2.05) is 20.8 Å². The van der Waals surface area contributed by atoms with Crippen LogP contribution in [-0.2, 0) is 28.6 Å². The van der Waals surface area contributed by atoms with Crippen molar-refractivity contribution in [2.45, 2.75) is 124 Å². The Morgan fingerprint density at radius 1 is 0.629 bits per heavy atom. The fourth-order valence-corrected chi connectivity index (χ4v) is 3.71. The van der Waals surface area contributed by atoms with Crippen LogP contribution >= 0.6 is 0 Å². The summed E-state index contributed by atoms with van der Waals surface area (Å²) in [5, 5.41) is 11.1. The molecule has 0 aromatic carbocycles. The first kappa shape index (κ1) is 33.4. The summed E-state index contributed by atoms with van der Waals surface area (Å²) in [6.07, 6.45) is 8.89. The molecule has 0 fully saturated rings. The van der Waals surface area contributed by atoms with E-state index >= 15 is 0 Å². The summed E-state index contributed by atoms with van der Waals surface area (Å²) in [6, 6.07) is 0. The van der Waals surface area contributed by atoms with Gasteiger partial charge in [0.2, 0.25) is 0 Å². The molecule has 206 valence electrons. The van der Waals surface area contributed by atoms with Crippen molar-refractivity contribution in [3.05, 3.63) is 0 Å². The summed E-state index contributed by atoms with van der Waals surface area (Å²) in [5.74, 6) is -1.96. The molecule has 0 saturated carbocycles. The van der Waals surface area contributed by atoms with E-state index in [9.17, 15) is 19.5 Å². The third kappa shape index (κ3) is 16.6. The first-order valence-electron chi connectivity index (χ1n) is 13.8. The molecule has 3 unspecified atom stereocenters. The van der Waals surface area contributed by atoms with Crippen LogP contribution in [0.2, 0.25) is 0 Å². The monoisotopic (exact) mass is 500 g/mol. The van der Waals surface area contributed by atoms with E-state index < -0.39 is 36.4 Å². The maximum absolute atomic E-state index is 12.8. The third-order valence-corrected chi connectivity index (χ3v) is 6.21. The number of carbonyl (C=O) groups is 3. The molecule has 3 atom stereocenters. The van der Waals surface area contributed by atoms with Crippen LogP contribution < -0.4 is 0 Å². The van der Waals surface area contributed by atoms with Gasteiger partial charge < -0.3 is 19.3 Å². The lowest BCUT2D eigenvalue weighted by Crippen LogP contribution is -2.45. The van der Waals surface area contributed by atoms with Gasteiger partial charge in [0.1, 0.15) is 0 Å². The van der Waals surface area contributed by atoms with Gasteiger partial charge in [0.25, 0.3) is 0 Å². The molecule has 0 saturated heterocycles. The second-order valence-electron chi connectivity index (χ2n) is 10.4. The van der Waals surface area contributed by atoms with E-state index in [2.05, 4.69) is 20.8 Å². The summed E-state index contributed by atoms with van der Waals surface area (Å²) in [4.78, 5) is 37.8. The zero-order valence-electron chi connectivity index (χ0n) is 23.2. The molecular formula is C28H52O7. The molecule has 0 spiro atoms. The number of carbonyl (C=O) groups excluding carboxylic acids is 3. The minimum Gasteiger partial charge on any atom is -0.465 e. The van der Waals surface area contributed by atoms with E-state index in [-0.39, 0.29) is 37.6 Å². The van der Waals surface area contributed by atoms with Crippen LogP contribution in [0.3, 0.4) is 0 Å². The molecule has 7 nitrogen and oxygen atoms in total. The predicted molar refractivity (Wildman–Crippen MR) is 138 cm³/mol. The minimum absolute atomic E-state index is 0.118. The smallest absolute Gasteiger partial charge is 0.339 e. The van der Waals surface area contributed by atoms with E-state index in [1.165, 1.54) is 0 Å². The highest BCUT2D eigenvalue weighted by atomic mass is 16.6. The highest BCUT2D eigenvalue weighted by Gasteiger charge is 2.43. The average molecular weight is 501 g/mol. The van der Waals surface area contributed by atoms with Crippen LogP contribution in [0, 0.1) is 17.8 Å². The molecule has 0 rings (SSSR count). The quantitative estimate of drug-likeness (QED) is 0.117. The molecule has 0 aliphatic rings. The summed E-state index contributed by atoms with van der Waals surface area (Å²) >= 11 is 0. The predicted octanol–water partition coefficient (Wildman–Crippen LogP) is 6.00. The molecule has 0 aromatic rings. The lowest BCUT2D eigenvalue weighted by molar-refractivity contribution is -0.179. The van der Waals surface area contributed by atoms with Crippen molar-refractivity contribution in [3.63, 3.8) is 0 Å². The van der Waals surface area contributed by atoms with Gasteiger partial charge in [-0.3, -0.25) is 9.59 Å². The first-order chi connectivity index (χ1) is 16.6. The van der Waals surface area contributed by atoms with Gasteiger partial charge >= 0.3 is 17.9 Å². The van der Waals surface area contributed by atoms with Crippen molar-refractivity contribution in [1.29, 1.82) is 0 Å². The Labute approximate surface area is 213 Å². The third-order valence-electron chi connectivity index (χ3n) is 6.21. The fraction of sp³-hybridized carbons (Fsp3) is 0.893. The first-order valence-corrected chi connectivity index (χ1v) is 13.8. The Kier molecular flexibility index (Phi) is 18.6. The van der Waals surface area contributed by atoms with Crippen molar-refractivity contribution < 1.29 is 33.7 Å². The summed E-state index contributed by atoms with van der Waals surface area (Å²) in [7, 11) is 0. The van der Waals surface area contributed by atoms with E-state index in [0.29, 0.717) is 0 Å². The number of ether oxygens (including phenoxy) is 3. The average Bonchev–Trinajstić information content (AvgIpc) is 2.82. The molecule has 1 N–H and O–H groups in total. The van der Waals surface area contributed by atoms with Crippen LogP contribution in [0.4, 0.5) is 0 Å². The lowest BCUT2D eigenvalue weighted by Gasteiger charge is -2.26. The SMILES string of the molecule is CCCCCC(C)COC(=O)C(O)(CC(=O)OCC(C)CCCC)CC(=O)OCC(C)CCCC. The van der Waals surface area contributed by atoms with Crippen LogP contribution in [0.5, 0.6) is 0 Å². The number of aliphatic hydroxyl groups is 1. The Morgan fingerprint density at radius 2 is 1.00 bits per heavy atom. The van der Waals surface area contributed by atoms with Crippen molar-refractivity contribution in [1.82, 2.24) is 0 Å². The van der Waals surface area contributed by atoms with Crippen LogP contribution in [0.25, 0.3) is 0 Å². The van der Waals surface area contributed by atoms with Gasteiger partial charge in [0, 0.05) is 0 Å². The molecule has 0 amide bonds. The van der Waals surface area contributed by atoms with E-state index in [4.69, 9.17) is 14.2 Å². The van der Waals surface area contributed by atoms with Crippen molar-refractivity contribution in [3.8, 4) is 0 Å². The Bertz CT molecular complexity index is 558. The fourth-order valence-electron chi connectivity index (χ4n) is 3.71. The van der Waals surface area contributed by atoms with Gasteiger partial charge in [-0.2, -0.15) is 0 Å². The Morgan fingerprint density at radius 3 is 1.40 bits per heavy atom. The van der Waals surface area contributed by atoms with Gasteiger partial charge in [-0.15, -0.1) is 0 Å². The largest absolute Gasteiger partial charge is 0.465 e. The molecule has 35 heavy (non-hydrogen) atoms. The van der Waals surface area contributed by atoms with E-state index in [0.717, 1.165) is 64.2 Å². The van der Waals surface area contributed by atoms with Crippen LogP contribution in [0.1, 0.15) is 119 Å². The molecule has 0 heterocycles. The van der Waals surface area contributed by atoms with Gasteiger partial charge in [-0.05, 0) is 37.0 Å². The molecule has 0 bridgehead atoms. The zero-order valence-corrected chi connectivity index (χ0v) is 23.2. The van der Waals surface area contributed by atoms with Gasteiger partial charge in [0.15, 0.2) is 5.60 Å². The van der Waals surface area contributed by atoms with Gasteiger partial charge in [-0.1, -0.05) is 86.5 Å². The molecular weight excluding hydrogens is 448 g/mol.